The summed E-state index contributed by atoms with van der Waals surface area (Å²) in [6.07, 6.45) is 9.66. The SMILES string of the molecule is CC(C)(C)OC(=O)/C=C/c1cccc(OC2CCCCC2)c1. The van der Waals surface area contributed by atoms with Gasteiger partial charge in [-0.15, -0.1) is 0 Å². The lowest BCUT2D eigenvalue weighted by Crippen LogP contribution is -2.22. The topological polar surface area (TPSA) is 35.5 Å². The molecular formula is C19H26O3. The van der Waals surface area contributed by atoms with Crippen LogP contribution in [0.4, 0.5) is 0 Å². The second-order valence-corrected chi connectivity index (χ2v) is 6.82. The molecule has 1 fully saturated rings. The van der Waals surface area contributed by atoms with E-state index >= 15 is 0 Å². The molecule has 0 bridgehead atoms. The van der Waals surface area contributed by atoms with E-state index in [1.165, 1.54) is 25.3 Å². The largest absolute Gasteiger partial charge is 0.490 e. The van der Waals surface area contributed by atoms with Crippen molar-refractivity contribution in [1.82, 2.24) is 0 Å². The van der Waals surface area contributed by atoms with Crippen LogP contribution in [0.2, 0.25) is 0 Å². The fraction of sp³-hybridized carbons (Fsp3) is 0.526. The van der Waals surface area contributed by atoms with Crippen molar-refractivity contribution in [2.75, 3.05) is 0 Å². The Morgan fingerprint density at radius 1 is 1.18 bits per heavy atom. The van der Waals surface area contributed by atoms with Crippen LogP contribution in [-0.2, 0) is 9.53 Å². The molecule has 1 aromatic rings. The lowest BCUT2D eigenvalue weighted by Gasteiger charge is -2.23. The van der Waals surface area contributed by atoms with Gasteiger partial charge in [-0.2, -0.15) is 0 Å². The molecule has 0 aliphatic heterocycles. The summed E-state index contributed by atoms with van der Waals surface area (Å²) < 4.78 is 11.3. The third-order valence-corrected chi connectivity index (χ3v) is 3.53. The Morgan fingerprint density at radius 3 is 2.59 bits per heavy atom. The van der Waals surface area contributed by atoms with Gasteiger partial charge in [-0.25, -0.2) is 4.79 Å². The maximum atomic E-state index is 11.7. The number of rotatable bonds is 4. The second kappa shape index (κ2) is 7.48. The van der Waals surface area contributed by atoms with E-state index in [9.17, 15) is 4.79 Å². The molecule has 0 aromatic heterocycles. The van der Waals surface area contributed by atoms with E-state index in [4.69, 9.17) is 9.47 Å². The van der Waals surface area contributed by atoms with E-state index in [1.54, 1.807) is 6.08 Å². The fourth-order valence-electron chi connectivity index (χ4n) is 2.57. The van der Waals surface area contributed by atoms with Gasteiger partial charge in [0.15, 0.2) is 0 Å². The van der Waals surface area contributed by atoms with Crippen molar-refractivity contribution in [3.63, 3.8) is 0 Å². The van der Waals surface area contributed by atoms with Crippen LogP contribution in [-0.4, -0.2) is 17.7 Å². The van der Waals surface area contributed by atoms with Crippen molar-refractivity contribution in [2.24, 2.45) is 0 Å². The molecule has 3 heteroatoms. The molecule has 3 nitrogen and oxygen atoms in total. The van der Waals surface area contributed by atoms with Crippen molar-refractivity contribution in [3.05, 3.63) is 35.9 Å². The zero-order valence-corrected chi connectivity index (χ0v) is 13.8. The fourth-order valence-corrected chi connectivity index (χ4v) is 2.57. The number of carbonyl (C=O) groups excluding carboxylic acids is 1. The number of carbonyl (C=O) groups is 1. The molecule has 2 rings (SSSR count). The molecule has 22 heavy (non-hydrogen) atoms. The van der Waals surface area contributed by atoms with Crippen molar-refractivity contribution < 1.29 is 14.3 Å². The monoisotopic (exact) mass is 302 g/mol. The van der Waals surface area contributed by atoms with Crippen LogP contribution in [0.15, 0.2) is 30.3 Å². The Kier molecular flexibility index (Phi) is 5.64. The lowest BCUT2D eigenvalue weighted by molar-refractivity contribution is -0.148. The van der Waals surface area contributed by atoms with Gasteiger partial charge in [0.2, 0.25) is 0 Å². The van der Waals surface area contributed by atoms with E-state index < -0.39 is 5.60 Å². The van der Waals surface area contributed by atoms with Crippen LogP contribution in [0, 0.1) is 0 Å². The molecule has 0 amide bonds. The van der Waals surface area contributed by atoms with Crippen LogP contribution in [0.5, 0.6) is 5.75 Å². The summed E-state index contributed by atoms with van der Waals surface area (Å²) in [6.45, 7) is 5.58. The maximum absolute atomic E-state index is 11.7. The summed E-state index contributed by atoms with van der Waals surface area (Å²) in [5.41, 5.74) is 0.479. The van der Waals surface area contributed by atoms with E-state index in [0.717, 1.165) is 24.2 Å². The molecular weight excluding hydrogens is 276 g/mol. The number of benzene rings is 1. The van der Waals surface area contributed by atoms with Crippen molar-refractivity contribution in [3.8, 4) is 5.75 Å². The standard InChI is InChI=1S/C19H26O3/c1-19(2,3)22-18(20)13-12-15-8-7-11-17(14-15)21-16-9-5-4-6-10-16/h7-8,11-14,16H,4-6,9-10H2,1-3H3/b13-12+. The molecule has 0 radical (unpaired) electrons. The summed E-state index contributed by atoms with van der Waals surface area (Å²) in [5, 5.41) is 0. The first-order valence-corrected chi connectivity index (χ1v) is 8.10. The first-order chi connectivity index (χ1) is 10.4. The molecule has 1 aromatic carbocycles. The highest BCUT2D eigenvalue weighted by Gasteiger charge is 2.15. The third-order valence-electron chi connectivity index (χ3n) is 3.53. The predicted molar refractivity (Wildman–Crippen MR) is 88.8 cm³/mol. The van der Waals surface area contributed by atoms with Gasteiger partial charge in [0.1, 0.15) is 11.4 Å². The minimum Gasteiger partial charge on any atom is -0.490 e. The first-order valence-electron chi connectivity index (χ1n) is 8.10. The highest BCUT2D eigenvalue weighted by atomic mass is 16.6. The van der Waals surface area contributed by atoms with Crippen molar-refractivity contribution in [1.29, 1.82) is 0 Å². The maximum Gasteiger partial charge on any atom is 0.331 e. The minimum absolute atomic E-state index is 0.328. The normalized spacial score (nSPS) is 16.7. The average molecular weight is 302 g/mol. The number of ether oxygens (including phenoxy) is 2. The summed E-state index contributed by atoms with van der Waals surface area (Å²) in [6, 6.07) is 7.84. The van der Waals surface area contributed by atoms with Crippen LogP contribution in [0.25, 0.3) is 6.08 Å². The van der Waals surface area contributed by atoms with Crippen LogP contribution < -0.4 is 4.74 Å². The molecule has 1 aliphatic rings. The van der Waals surface area contributed by atoms with Crippen LogP contribution in [0.1, 0.15) is 58.4 Å². The lowest BCUT2D eigenvalue weighted by atomic mass is 9.98. The van der Waals surface area contributed by atoms with Gasteiger partial charge in [0.05, 0.1) is 6.10 Å². The summed E-state index contributed by atoms with van der Waals surface area (Å²) in [7, 11) is 0. The Bertz CT molecular complexity index is 520. The molecule has 1 saturated carbocycles. The molecule has 0 spiro atoms. The second-order valence-electron chi connectivity index (χ2n) is 6.82. The van der Waals surface area contributed by atoms with Gasteiger partial charge in [0.25, 0.3) is 0 Å². The smallest absolute Gasteiger partial charge is 0.331 e. The summed E-state index contributed by atoms with van der Waals surface area (Å²) in [4.78, 5) is 11.7. The zero-order valence-electron chi connectivity index (χ0n) is 13.8. The summed E-state index contributed by atoms with van der Waals surface area (Å²) in [5.74, 6) is 0.546. The van der Waals surface area contributed by atoms with Gasteiger partial charge in [-0.3, -0.25) is 0 Å². The minimum atomic E-state index is -0.465. The van der Waals surface area contributed by atoms with Gasteiger partial charge >= 0.3 is 5.97 Å². The first kappa shape index (κ1) is 16.6. The molecule has 1 aliphatic carbocycles. The van der Waals surface area contributed by atoms with Crippen molar-refractivity contribution >= 4 is 12.0 Å². The van der Waals surface area contributed by atoms with Gasteiger partial charge in [-0.05, 0) is 70.2 Å². The van der Waals surface area contributed by atoms with Crippen molar-refractivity contribution in [2.45, 2.75) is 64.6 Å². The van der Waals surface area contributed by atoms with Crippen LogP contribution in [0.3, 0.4) is 0 Å². The highest BCUT2D eigenvalue weighted by Crippen LogP contribution is 2.24. The highest BCUT2D eigenvalue weighted by molar-refractivity contribution is 5.87. The Hall–Kier alpha value is -1.77. The number of esters is 1. The summed E-state index contributed by atoms with van der Waals surface area (Å²) >= 11 is 0. The molecule has 0 N–H and O–H groups in total. The Labute approximate surface area is 133 Å². The zero-order chi connectivity index (χ0) is 16.0. The van der Waals surface area contributed by atoms with E-state index in [0.29, 0.717) is 6.10 Å². The molecule has 120 valence electrons. The van der Waals surface area contributed by atoms with E-state index in [-0.39, 0.29) is 5.97 Å². The van der Waals surface area contributed by atoms with Gasteiger partial charge in [0, 0.05) is 6.08 Å². The van der Waals surface area contributed by atoms with Gasteiger partial charge < -0.3 is 9.47 Å². The Balaban J connectivity index is 1.94. The number of hydrogen-bond acceptors (Lipinski definition) is 3. The number of hydrogen-bond donors (Lipinski definition) is 0. The quantitative estimate of drug-likeness (QED) is 0.594. The molecule has 0 heterocycles. The molecule has 0 atom stereocenters. The van der Waals surface area contributed by atoms with Gasteiger partial charge in [-0.1, -0.05) is 18.6 Å². The predicted octanol–water partition coefficient (Wildman–Crippen LogP) is 4.75. The third kappa shape index (κ3) is 5.92. The Morgan fingerprint density at radius 2 is 1.91 bits per heavy atom. The van der Waals surface area contributed by atoms with Crippen LogP contribution >= 0.6 is 0 Å². The average Bonchev–Trinajstić information content (AvgIpc) is 2.45. The van der Waals surface area contributed by atoms with E-state index in [1.807, 2.05) is 45.0 Å². The molecule has 0 unspecified atom stereocenters. The van der Waals surface area contributed by atoms with E-state index in [2.05, 4.69) is 0 Å². The molecule has 0 saturated heterocycles.